The number of carbonyl (C=O) groups is 1. The topological polar surface area (TPSA) is 77.3 Å². The molecule has 0 radical (unpaired) electrons. The SMILES string of the molecule is CCOC(=O)[C@@H](CN)c1c[nH]c2ccc(OCc3ccccc3)cc12. The fraction of sp³-hybridized carbons (Fsp3) is 0.250. The Morgan fingerprint density at radius 1 is 1.20 bits per heavy atom. The summed E-state index contributed by atoms with van der Waals surface area (Å²) < 4.78 is 11.0. The lowest BCUT2D eigenvalue weighted by atomic mass is 9.98. The molecule has 1 atom stereocenters. The van der Waals surface area contributed by atoms with E-state index in [9.17, 15) is 4.79 Å². The number of H-pyrrole nitrogens is 1. The van der Waals surface area contributed by atoms with Gasteiger partial charge < -0.3 is 20.2 Å². The second kappa shape index (κ2) is 7.85. The maximum absolute atomic E-state index is 12.2. The van der Waals surface area contributed by atoms with Crippen LogP contribution >= 0.6 is 0 Å². The summed E-state index contributed by atoms with van der Waals surface area (Å²) in [5.74, 6) is -0.0450. The Balaban J connectivity index is 1.84. The van der Waals surface area contributed by atoms with E-state index in [4.69, 9.17) is 15.2 Å². The number of hydrogen-bond donors (Lipinski definition) is 2. The van der Waals surface area contributed by atoms with E-state index in [1.54, 1.807) is 6.92 Å². The maximum Gasteiger partial charge on any atom is 0.314 e. The number of ether oxygens (including phenoxy) is 2. The predicted octanol–water partition coefficient (Wildman–Crippen LogP) is 3.35. The molecule has 25 heavy (non-hydrogen) atoms. The number of aromatic amines is 1. The van der Waals surface area contributed by atoms with Gasteiger partial charge in [-0.3, -0.25) is 4.79 Å². The summed E-state index contributed by atoms with van der Waals surface area (Å²) in [6.45, 7) is 2.81. The molecule has 0 spiro atoms. The Hall–Kier alpha value is -2.79. The number of benzene rings is 2. The highest BCUT2D eigenvalue weighted by Gasteiger charge is 2.23. The van der Waals surface area contributed by atoms with Gasteiger partial charge in [0.05, 0.1) is 12.5 Å². The van der Waals surface area contributed by atoms with Crippen molar-refractivity contribution in [2.45, 2.75) is 19.4 Å². The van der Waals surface area contributed by atoms with Crippen LogP contribution in [0.1, 0.15) is 24.0 Å². The minimum Gasteiger partial charge on any atom is -0.489 e. The molecule has 0 bridgehead atoms. The third-order valence-corrected chi connectivity index (χ3v) is 4.12. The largest absolute Gasteiger partial charge is 0.489 e. The Morgan fingerprint density at radius 3 is 2.72 bits per heavy atom. The van der Waals surface area contributed by atoms with Crippen LogP contribution < -0.4 is 10.5 Å². The number of nitrogens with two attached hydrogens (primary N) is 1. The van der Waals surface area contributed by atoms with Crippen LogP contribution in [0.3, 0.4) is 0 Å². The minimum absolute atomic E-state index is 0.195. The fourth-order valence-electron chi connectivity index (χ4n) is 2.83. The molecule has 2 aromatic carbocycles. The van der Waals surface area contributed by atoms with Crippen molar-refractivity contribution < 1.29 is 14.3 Å². The van der Waals surface area contributed by atoms with Gasteiger partial charge in [-0.2, -0.15) is 0 Å². The highest BCUT2D eigenvalue weighted by atomic mass is 16.5. The molecule has 3 N–H and O–H groups in total. The molecule has 3 aromatic rings. The average molecular weight is 338 g/mol. The molecule has 0 saturated carbocycles. The lowest BCUT2D eigenvalue weighted by Gasteiger charge is -2.13. The van der Waals surface area contributed by atoms with Gasteiger partial charge in [0.25, 0.3) is 0 Å². The summed E-state index contributed by atoms with van der Waals surface area (Å²) in [4.78, 5) is 15.3. The number of hydrogen-bond acceptors (Lipinski definition) is 4. The highest BCUT2D eigenvalue weighted by molar-refractivity contribution is 5.91. The van der Waals surface area contributed by atoms with Crippen LogP contribution in [0, 0.1) is 0 Å². The Bertz CT molecular complexity index is 843. The molecule has 0 aliphatic carbocycles. The second-order valence-electron chi connectivity index (χ2n) is 5.77. The van der Waals surface area contributed by atoms with Crippen LogP contribution in [0.25, 0.3) is 10.9 Å². The van der Waals surface area contributed by atoms with Gasteiger partial charge in [-0.1, -0.05) is 30.3 Å². The van der Waals surface area contributed by atoms with Crippen molar-refractivity contribution in [3.05, 3.63) is 65.9 Å². The van der Waals surface area contributed by atoms with Crippen LogP contribution in [-0.4, -0.2) is 24.1 Å². The van der Waals surface area contributed by atoms with Crippen LogP contribution in [0.15, 0.2) is 54.7 Å². The van der Waals surface area contributed by atoms with Crippen molar-refractivity contribution in [2.24, 2.45) is 5.73 Å². The molecule has 1 heterocycles. The summed E-state index contributed by atoms with van der Waals surface area (Å²) in [7, 11) is 0. The van der Waals surface area contributed by atoms with E-state index in [1.165, 1.54) is 0 Å². The first-order chi connectivity index (χ1) is 12.2. The lowest BCUT2D eigenvalue weighted by Crippen LogP contribution is -2.23. The van der Waals surface area contributed by atoms with Crippen LogP contribution in [-0.2, 0) is 16.1 Å². The number of carbonyl (C=O) groups excluding carboxylic acids is 1. The molecule has 0 fully saturated rings. The van der Waals surface area contributed by atoms with E-state index < -0.39 is 5.92 Å². The first kappa shape index (κ1) is 17.0. The average Bonchev–Trinajstić information content (AvgIpc) is 3.05. The van der Waals surface area contributed by atoms with E-state index >= 15 is 0 Å². The molecule has 0 aliphatic rings. The van der Waals surface area contributed by atoms with Crippen LogP contribution in [0.5, 0.6) is 5.75 Å². The summed E-state index contributed by atoms with van der Waals surface area (Å²) in [6, 6.07) is 15.8. The maximum atomic E-state index is 12.2. The summed E-state index contributed by atoms with van der Waals surface area (Å²) >= 11 is 0. The molecule has 1 aromatic heterocycles. The first-order valence-electron chi connectivity index (χ1n) is 8.37. The van der Waals surface area contributed by atoms with Crippen molar-refractivity contribution in [1.29, 1.82) is 0 Å². The second-order valence-corrected chi connectivity index (χ2v) is 5.77. The molecule has 5 heteroatoms. The summed E-state index contributed by atoms with van der Waals surface area (Å²) in [5.41, 5.74) is 8.68. The fourth-order valence-corrected chi connectivity index (χ4v) is 2.83. The van der Waals surface area contributed by atoms with Gasteiger partial charge in [0.15, 0.2) is 0 Å². The van der Waals surface area contributed by atoms with Gasteiger partial charge in [0.1, 0.15) is 12.4 Å². The summed E-state index contributed by atoms with van der Waals surface area (Å²) in [6.07, 6.45) is 1.82. The molecular weight excluding hydrogens is 316 g/mol. The van der Waals surface area contributed by atoms with Gasteiger partial charge in [-0.05, 0) is 36.2 Å². The molecule has 3 rings (SSSR count). The van der Waals surface area contributed by atoms with Crippen LogP contribution in [0.4, 0.5) is 0 Å². The van der Waals surface area contributed by atoms with E-state index in [0.29, 0.717) is 13.2 Å². The van der Waals surface area contributed by atoms with Gasteiger partial charge in [0, 0.05) is 23.6 Å². The van der Waals surface area contributed by atoms with Gasteiger partial charge in [-0.25, -0.2) is 0 Å². The number of fused-ring (bicyclic) bond motifs is 1. The molecule has 0 amide bonds. The van der Waals surface area contributed by atoms with E-state index in [-0.39, 0.29) is 12.5 Å². The molecule has 5 nitrogen and oxygen atoms in total. The zero-order valence-corrected chi connectivity index (χ0v) is 14.2. The highest BCUT2D eigenvalue weighted by Crippen LogP contribution is 2.29. The normalized spacial score (nSPS) is 12.1. The zero-order valence-electron chi connectivity index (χ0n) is 14.2. The lowest BCUT2D eigenvalue weighted by molar-refractivity contribution is -0.144. The van der Waals surface area contributed by atoms with Gasteiger partial charge in [-0.15, -0.1) is 0 Å². The summed E-state index contributed by atoms with van der Waals surface area (Å²) in [5, 5.41) is 0.925. The number of rotatable bonds is 7. The molecular formula is C20H22N2O3. The quantitative estimate of drug-likeness (QED) is 0.648. The monoisotopic (exact) mass is 338 g/mol. The Morgan fingerprint density at radius 2 is 2.00 bits per heavy atom. The molecule has 0 unspecified atom stereocenters. The van der Waals surface area contributed by atoms with Crippen molar-refractivity contribution in [3.8, 4) is 5.75 Å². The Labute approximate surface area is 146 Å². The first-order valence-corrected chi connectivity index (χ1v) is 8.37. The predicted molar refractivity (Wildman–Crippen MR) is 97.5 cm³/mol. The molecule has 0 saturated heterocycles. The van der Waals surface area contributed by atoms with Gasteiger partial charge in [0.2, 0.25) is 0 Å². The minimum atomic E-state index is -0.488. The van der Waals surface area contributed by atoms with E-state index in [0.717, 1.165) is 27.8 Å². The van der Waals surface area contributed by atoms with Gasteiger partial charge >= 0.3 is 5.97 Å². The smallest absolute Gasteiger partial charge is 0.314 e. The Kier molecular flexibility index (Phi) is 5.36. The number of aromatic nitrogens is 1. The zero-order chi connectivity index (χ0) is 17.6. The van der Waals surface area contributed by atoms with E-state index in [2.05, 4.69) is 4.98 Å². The standard InChI is InChI=1S/C20H22N2O3/c1-2-24-20(23)17(11-21)18-12-22-19-9-8-15(10-16(18)19)25-13-14-6-4-3-5-7-14/h3-10,12,17,22H,2,11,13,21H2,1H3/t17-/m0/s1. The van der Waals surface area contributed by atoms with Crippen molar-refractivity contribution in [2.75, 3.05) is 13.2 Å². The number of esters is 1. The third kappa shape index (κ3) is 3.83. The van der Waals surface area contributed by atoms with Crippen molar-refractivity contribution in [1.82, 2.24) is 4.98 Å². The number of nitrogens with one attached hydrogen (secondary N) is 1. The van der Waals surface area contributed by atoms with Crippen LogP contribution in [0.2, 0.25) is 0 Å². The van der Waals surface area contributed by atoms with Crippen molar-refractivity contribution >= 4 is 16.9 Å². The van der Waals surface area contributed by atoms with E-state index in [1.807, 2.05) is 54.7 Å². The third-order valence-electron chi connectivity index (χ3n) is 4.12. The molecule has 130 valence electrons. The van der Waals surface area contributed by atoms with Crippen molar-refractivity contribution in [3.63, 3.8) is 0 Å². The molecule has 0 aliphatic heterocycles.